The molecule has 0 aromatic heterocycles. The lowest BCUT2D eigenvalue weighted by Gasteiger charge is -2.14. The number of nitrogens with one attached hydrogen (secondary N) is 2. The molecule has 0 aliphatic carbocycles. The molecule has 124 valence electrons. The van der Waals surface area contributed by atoms with Gasteiger partial charge in [-0.1, -0.05) is 15.9 Å². The molecular formula is C15H9Br2FN2O3S. The molecule has 1 amide bonds. The van der Waals surface area contributed by atoms with E-state index in [0.29, 0.717) is 8.95 Å². The number of rotatable bonds is 3. The Labute approximate surface area is 158 Å². The number of benzene rings is 2. The molecule has 0 atom stereocenters. The van der Waals surface area contributed by atoms with Crippen LogP contribution in [0.25, 0.3) is 0 Å². The lowest BCUT2D eigenvalue weighted by atomic mass is 10.2. The molecule has 0 aliphatic rings. The Kier molecular flexibility index (Phi) is 6.03. The maximum absolute atomic E-state index is 12.9. The molecule has 2 aromatic carbocycles. The van der Waals surface area contributed by atoms with Gasteiger partial charge in [-0.2, -0.15) is 0 Å². The van der Waals surface area contributed by atoms with E-state index >= 15 is 0 Å². The van der Waals surface area contributed by atoms with Gasteiger partial charge in [0.1, 0.15) is 5.82 Å². The fourth-order valence-corrected chi connectivity index (χ4v) is 3.31. The first-order valence-corrected chi connectivity index (χ1v) is 8.37. The molecule has 2 aromatic rings. The second-order valence-corrected chi connectivity index (χ2v) is 6.71. The molecule has 9 heteroatoms. The summed E-state index contributed by atoms with van der Waals surface area (Å²) in [5, 5.41) is 14.3. The third-order valence-corrected chi connectivity index (χ3v) is 4.14. The molecule has 5 nitrogen and oxygen atoms in total. The van der Waals surface area contributed by atoms with Crippen LogP contribution >= 0.6 is 44.1 Å². The fraction of sp³-hybridized carbons (Fsp3) is 0. The van der Waals surface area contributed by atoms with Crippen LogP contribution in [0.2, 0.25) is 0 Å². The van der Waals surface area contributed by atoms with Gasteiger partial charge in [0.2, 0.25) is 0 Å². The monoisotopic (exact) mass is 474 g/mol. The zero-order valence-corrected chi connectivity index (χ0v) is 15.8. The third kappa shape index (κ3) is 4.59. The van der Waals surface area contributed by atoms with Gasteiger partial charge in [-0.05, 0) is 64.5 Å². The number of thiocarbonyl (C=S) groups is 1. The molecule has 0 heterocycles. The Hall–Kier alpha value is -1.84. The number of hydrogen-bond acceptors (Lipinski definition) is 3. The summed E-state index contributed by atoms with van der Waals surface area (Å²) in [7, 11) is 0. The van der Waals surface area contributed by atoms with Gasteiger partial charge in [0.25, 0.3) is 5.91 Å². The molecule has 2 rings (SSSR count). The minimum atomic E-state index is -1.16. The normalized spacial score (nSPS) is 10.1. The third-order valence-electron chi connectivity index (χ3n) is 2.86. The van der Waals surface area contributed by atoms with E-state index in [9.17, 15) is 19.1 Å². The quantitative estimate of drug-likeness (QED) is 0.580. The number of halogens is 3. The van der Waals surface area contributed by atoms with Crippen LogP contribution in [0.4, 0.5) is 10.1 Å². The first-order valence-electron chi connectivity index (χ1n) is 6.38. The molecule has 0 radical (unpaired) electrons. The number of carbonyl (C=O) groups is 2. The van der Waals surface area contributed by atoms with Crippen molar-refractivity contribution < 1.29 is 19.1 Å². The van der Waals surface area contributed by atoms with Gasteiger partial charge in [0.15, 0.2) is 5.11 Å². The van der Waals surface area contributed by atoms with Crippen LogP contribution in [0.5, 0.6) is 0 Å². The first kappa shape index (κ1) is 18.5. The summed E-state index contributed by atoms with van der Waals surface area (Å²) in [5.74, 6) is -2.16. The van der Waals surface area contributed by atoms with Crippen molar-refractivity contribution in [1.29, 1.82) is 0 Å². The van der Waals surface area contributed by atoms with E-state index in [1.807, 2.05) is 0 Å². The van der Waals surface area contributed by atoms with E-state index in [-0.39, 0.29) is 21.9 Å². The fourth-order valence-electron chi connectivity index (χ4n) is 1.79. The van der Waals surface area contributed by atoms with Crippen molar-refractivity contribution in [3.63, 3.8) is 0 Å². The number of aromatic carboxylic acids is 1. The van der Waals surface area contributed by atoms with E-state index < -0.39 is 17.7 Å². The highest BCUT2D eigenvalue weighted by molar-refractivity contribution is 9.11. The summed E-state index contributed by atoms with van der Waals surface area (Å²) in [6.07, 6.45) is 0. The molecule has 0 spiro atoms. The molecule has 0 saturated carbocycles. The SMILES string of the molecule is O=C(NC(=S)Nc1c(Br)cc(Br)cc1C(=O)O)c1ccc(F)cc1. The van der Waals surface area contributed by atoms with E-state index in [2.05, 4.69) is 42.5 Å². The maximum atomic E-state index is 12.9. The number of hydrogen-bond donors (Lipinski definition) is 3. The zero-order chi connectivity index (χ0) is 17.9. The minimum Gasteiger partial charge on any atom is -0.478 e. The molecule has 0 fully saturated rings. The van der Waals surface area contributed by atoms with Gasteiger partial charge in [0, 0.05) is 14.5 Å². The minimum absolute atomic E-state index is 0.0327. The number of anilines is 1. The van der Waals surface area contributed by atoms with Crippen molar-refractivity contribution in [2.24, 2.45) is 0 Å². The van der Waals surface area contributed by atoms with Gasteiger partial charge in [-0.3, -0.25) is 10.1 Å². The van der Waals surface area contributed by atoms with Crippen LogP contribution in [0.1, 0.15) is 20.7 Å². The standard InChI is InChI=1S/C15H9Br2FN2O3S/c16-8-5-10(14(22)23)12(11(17)6-8)19-15(24)20-13(21)7-1-3-9(18)4-2-7/h1-6H,(H,22,23)(H2,19,20,21,24). The average Bonchev–Trinajstić information content (AvgIpc) is 2.50. The summed E-state index contributed by atoms with van der Waals surface area (Å²) in [5.41, 5.74) is 0.388. The second kappa shape index (κ2) is 7.82. The van der Waals surface area contributed by atoms with E-state index in [4.69, 9.17) is 12.2 Å². The first-order chi connectivity index (χ1) is 11.3. The lowest BCUT2D eigenvalue weighted by molar-refractivity contribution is 0.0697. The van der Waals surface area contributed by atoms with Gasteiger partial charge in [-0.25, -0.2) is 9.18 Å². The number of carbonyl (C=O) groups excluding carboxylic acids is 1. The summed E-state index contributed by atoms with van der Waals surface area (Å²) in [6.45, 7) is 0. The van der Waals surface area contributed by atoms with Crippen molar-refractivity contribution in [3.8, 4) is 0 Å². The average molecular weight is 476 g/mol. The zero-order valence-electron chi connectivity index (χ0n) is 11.8. The smallest absolute Gasteiger partial charge is 0.337 e. The van der Waals surface area contributed by atoms with Crippen LogP contribution in [-0.4, -0.2) is 22.1 Å². The molecule has 0 unspecified atom stereocenters. The summed E-state index contributed by atoms with van der Waals surface area (Å²) >= 11 is 11.5. The largest absolute Gasteiger partial charge is 0.478 e. The number of carboxylic acid groups (broad SMARTS) is 1. The summed E-state index contributed by atoms with van der Waals surface area (Å²) < 4.78 is 13.9. The molecule has 0 aliphatic heterocycles. The van der Waals surface area contributed by atoms with E-state index in [1.54, 1.807) is 6.07 Å². The Bertz CT molecular complexity index is 828. The summed E-state index contributed by atoms with van der Waals surface area (Å²) in [4.78, 5) is 23.4. The van der Waals surface area contributed by atoms with Crippen LogP contribution in [0.15, 0.2) is 45.3 Å². The highest BCUT2D eigenvalue weighted by Gasteiger charge is 2.17. The maximum Gasteiger partial charge on any atom is 0.337 e. The molecular weight excluding hydrogens is 467 g/mol. The lowest BCUT2D eigenvalue weighted by Crippen LogP contribution is -2.34. The van der Waals surface area contributed by atoms with Crippen LogP contribution in [0.3, 0.4) is 0 Å². The van der Waals surface area contributed by atoms with Gasteiger partial charge in [0.05, 0.1) is 11.3 Å². The molecule has 0 saturated heterocycles. The van der Waals surface area contributed by atoms with Gasteiger partial charge >= 0.3 is 5.97 Å². The van der Waals surface area contributed by atoms with Crippen molar-refractivity contribution in [3.05, 3.63) is 62.3 Å². The van der Waals surface area contributed by atoms with Crippen molar-refractivity contribution in [2.75, 3.05) is 5.32 Å². The van der Waals surface area contributed by atoms with Crippen LogP contribution < -0.4 is 10.6 Å². The topological polar surface area (TPSA) is 78.4 Å². The van der Waals surface area contributed by atoms with Crippen molar-refractivity contribution in [1.82, 2.24) is 5.32 Å². The second-order valence-electron chi connectivity index (χ2n) is 4.53. The highest BCUT2D eigenvalue weighted by Crippen LogP contribution is 2.30. The number of carboxylic acids is 1. The molecule has 24 heavy (non-hydrogen) atoms. The van der Waals surface area contributed by atoms with Gasteiger partial charge < -0.3 is 10.4 Å². The molecule has 0 bridgehead atoms. The predicted octanol–water partition coefficient (Wildman–Crippen LogP) is 4.18. The van der Waals surface area contributed by atoms with Gasteiger partial charge in [-0.15, -0.1) is 0 Å². The Morgan fingerprint density at radius 3 is 2.33 bits per heavy atom. The number of amides is 1. The molecule has 3 N–H and O–H groups in total. The highest BCUT2D eigenvalue weighted by atomic mass is 79.9. The predicted molar refractivity (Wildman–Crippen MR) is 98.9 cm³/mol. The van der Waals surface area contributed by atoms with E-state index in [0.717, 1.165) is 12.1 Å². The van der Waals surface area contributed by atoms with E-state index in [1.165, 1.54) is 18.2 Å². The van der Waals surface area contributed by atoms with Crippen LogP contribution in [-0.2, 0) is 0 Å². The summed E-state index contributed by atoms with van der Waals surface area (Å²) in [6, 6.07) is 7.97. The van der Waals surface area contributed by atoms with Crippen molar-refractivity contribution >= 4 is 66.8 Å². The van der Waals surface area contributed by atoms with Crippen molar-refractivity contribution in [2.45, 2.75) is 0 Å². The van der Waals surface area contributed by atoms with Crippen LogP contribution in [0, 0.1) is 5.82 Å². The Balaban J connectivity index is 2.17. The Morgan fingerprint density at radius 2 is 1.75 bits per heavy atom. The Morgan fingerprint density at radius 1 is 1.12 bits per heavy atom.